The zero-order valence-electron chi connectivity index (χ0n) is 8.03. The van der Waals surface area contributed by atoms with E-state index in [-0.39, 0.29) is 0 Å². The molecule has 0 aliphatic heterocycles. The van der Waals surface area contributed by atoms with Gasteiger partial charge in [-0.15, -0.1) is 0 Å². The first-order valence-electron chi connectivity index (χ1n) is 4.08. The van der Waals surface area contributed by atoms with Crippen molar-refractivity contribution in [2.75, 3.05) is 23.9 Å². The normalized spacial score (nSPS) is 10.1. The Morgan fingerprint density at radius 3 is 2.93 bits per heavy atom. The maximum absolute atomic E-state index is 10.7. The molecule has 0 aromatic carbocycles. The van der Waals surface area contributed by atoms with E-state index in [0.29, 0.717) is 15.7 Å². The lowest BCUT2D eigenvalue weighted by Gasteiger charge is -1.98. The first kappa shape index (κ1) is 11.3. The van der Waals surface area contributed by atoms with Crippen molar-refractivity contribution < 1.29 is 9.90 Å². The number of carboxylic acids is 1. The van der Waals surface area contributed by atoms with Gasteiger partial charge in [0.15, 0.2) is 5.13 Å². The molecule has 6 heteroatoms. The van der Waals surface area contributed by atoms with E-state index in [2.05, 4.69) is 10.3 Å². The van der Waals surface area contributed by atoms with Crippen LogP contribution in [0.5, 0.6) is 0 Å². The molecule has 0 atom stereocenters. The Bertz CT molecular complexity index is 325. The van der Waals surface area contributed by atoms with E-state index in [9.17, 15) is 4.79 Å². The lowest BCUT2D eigenvalue weighted by Crippen LogP contribution is -2.02. The van der Waals surface area contributed by atoms with Crippen LogP contribution in [-0.4, -0.2) is 34.6 Å². The third-order valence-corrected chi connectivity index (χ3v) is 3.29. The molecule has 2 N–H and O–H groups in total. The first-order chi connectivity index (χ1) is 6.65. The summed E-state index contributed by atoms with van der Waals surface area (Å²) in [5.41, 5.74) is 0.578. The van der Waals surface area contributed by atoms with Gasteiger partial charge in [-0.1, -0.05) is 11.3 Å². The number of thioether (sulfide) groups is 1. The summed E-state index contributed by atoms with van der Waals surface area (Å²) in [6.45, 7) is 2.52. The van der Waals surface area contributed by atoms with E-state index in [1.165, 1.54) is 11.3 Å². The standard InChI is InChI=1S/C8H12N2O2S2/c1-5-6(7(11)12)14-8(10-5)9-3-4-13-2/h3-4H2,1-2H3,(H,9,10)(H,11,12). The first-order valence-corrected chi connectivity index (χ1v) is 6.29. The fourth-order valence-corrected chi connectivity index (χ4v) is 2.07. The highest BCUT2D eigenvalue weighted by Gasteiger charge is 2.13. The number of anilines is 1. The molecular weight excluding hydrogens is 220 g/mol. The Morgan fingerprint density at radius 2 is 2.43 bits per heavy atom. The summed E-state index contributed by atoms with van der Waals surface area (Å²) in [5, 5.41) is 12.6. The highest BCUT2D eigenvalue weighted by molar-refractivity contribution is 7.98. The number of hydrogen-bond donors (Lipinski definition) is 2. The number of nitrogens with zero attached hydrogens (tertiary/aromatic N) is 1. The molecule has 78 valence electrons. The summed E-state index contributed by atoms with van der Waals surface area (Å²) >= 11 is 2.92. The van der Waals surface area contributed by atoms with Crippen LogP contribution in [0.4, 0.5) is 5.13 Å². The van der Waals surface area contributed by atoms with Gasteiger partial charge in [-0.25, -0.2) is 9.78 Å². The van der Waals surface area contributed by atoms with Gasteiger partial charge in [0.25, 0.3) is 0 Å². The zero-order chi connectivity index (χ0) is 10.6. The molecule has 4 nitrogen and oxygen atoms in total. The van der Waals surface area contributed by atoms with Gasteiger partial charge in [0.05, 0.1) is 5.69 Å². The molecule has 0 bridgehead atoms. The summed E-state index contributed by atoms with van der Waals surface area (Å²) in [4.78, 5) is 15.1. The highest BCUT2D eigenvalue weighted by Crippen LogP contribution is 2.22. The van der Waals surface area contributed by atoms with Crippen molar-refractivity contribution in [2.24, 2.45) is 0 Å². The second kappa shape index (κ2) is 5.21. The van der Waals surface area contributed by atoms with E-state index >= 15 is 0 Å². The molecule has 0 radical (unpaired) electrons. The Labute approximate surface area is 90.7 Å². The van der Waals surface area contributed by atoms with Gasteiger partial charge in [-0.05, 0) is 13.2 Å². The molecule has 1 aromatic rings. The Hall–Kier alpha value is -0.750. The predicted octanol–water partition coefficient (Wildman–Crippen LogP) is 1.92. The summed E-state index contributed by atoms with van der Waals surface area (Å²) in [7, 11) is 0. The van der Waals surface area contributed by atoms with Crippen molar-refractivity contribution in [1.82, 2.24) is 4.98 Å². The SMILES string of the molecule is CSCCNc1nc(C)c(C(=O)O)s1. The minimum absolute atomic E-state index is 0.316. The van der Waals surface area contributed by atoms with Gasteiger partial charge in [-0.2, -0.15) is 11.8 Å². The third-order valence-electron chi connectivity index (χ3n) is 1.57. The molecule has 0 aliphatic rings. The number of thiazole rings is 1. The second-order valence-corrected chi connectivity index (χ2v) is 4.64. The average molecular weight is 232 g/mol. The second-order valence-electron chi connectivity index (χ2n) is 2.66. The molecule has 0 saturated carbocycles. The van der Waals surface area contributed by atoms with Crippen molar-refractivity contribution in [2.45, 2.75) is 6.92 Å². The van der Waals surface area contributed by atoms with Crippen molar-refractivity contribution in [3.05, 3.63) is 10.6 Å². The van der Waals surface area contributed by atoms with Crippen LogP contribution in [0.25, 0.3) is 0 Å². The number of aryl methyl sites for hydroxylation is 1. The lowest BCUT2D eigenvalue weighted by molar-refractivity contribution is 0.0701. The van der Waals surface area contributed by atoms with Crippen LogP contribution in [0.3, 0.4) is 0 Å². The predicted molar refractivity (Wildman–Crippen MR) is 60.7 cm³/mol. The summed E-state index contributed by atoms with van der Waals surface area (Å²) in [6, 6.07) is 0. The number of rotatable bonds is 5. The summed E-state index contributed by atoms with van der Waals surface area (Å²) < 4.78 is 0. The van der Waals surface area contributed by atoms with Crippen molar-refractivity contribution in [3.8, 4) is 0 Å². The maximum atomic E-state index is 10.7. The largest absolute Gasteiger partial charge is 0.477 e. The molecule has 0 saturated heterocycles. The van der Waals surface area contributed by atoms with Gasteiger partial charge in [-0.3, -0.25) is 0 Å². The van der Waals surface area contributed by atoms with Crippen LogP contribution in [-0.2, 0) is 0 Å². The Kier molecular flexibility index (Phi) is 4.21. The maximum Gasteiger partial charge on any atom is 0.347 e. The number of aromatic carboxylic acids is 1. The van der Waals surface area contributed by atoms with Crippen LogP contribution in [0.2, 0.25) is 0 Å². The van der Waals surface area contributed by atoms with E-state index in [4.69, 9.17) is 5.11 Å². The van der Waals surface area contributed by atoms with Gasteiger partial charge >= 0.3 is 5.97 Å². The molecule has 1 rings (SSSR count). The Balaban J connectivity index is 2.62. The van der Waals surface area contributed by atoms with Gasteiger partial charge < -0.3 is 10.4 Å². The number of nitrogens with one attached hydrogen (secondary N) is 1. The zero-order valence-corrected chi connectivity index (χ0v) is 9.67. The van der Waals surface area contributed by atoms with Crippen molar-refractivity contribution in [1.29, 1.82) is 0 Å². The number of hydrogen-bond acceptors (Lipinski definition) is 5. The molecule has 0 aliphatic carbocycles. The number of aromatic nitrogens is 1. The fraction of sp³-hybridized carbons (Fsp3) is 0.500. The fourth-order valence-electron chi connectivity index (χ4n) is 0.930. The smallest absolute Gasteiger partial charge is 0.347 e. The third kappa shape index (κ3) is 2.88. The minimum Gasteiger partial charge on any atom is -0.477 e. The minimum atomic E-state index is -0.905. The molecule has 0 amide bonds. The molecule has 14 heavy (non-hydrogen) atoms. The highest BCUT2D eigenvalue weighted by atomic mass is 32.2. The number of carboxylic acid groups (broad SMARTS) is 1. The molecule has 1 aromatic heterocycles. The quantitative estimate of drug-likeness (QED) is 0.759. The van der Waals surface area contributed by atoms with Gasteiger partial charge in [0.1, 0.15) is 4.88 Å². The van der Waals surface area contributed by atoms with Gasteiger partial charge in [0, 0.05) is 12.3 Å². The Morgan fingerprint density at radius 1 is 1.71 bits per heavy atom. The molecule has 0 unspecified atom stereocenters. The van der Waals surface area contributed by atoms with Crippen LogP contribution in [0, 0.1) is 6.92 Å². The van der Waals surface area contributed by atoms with Crippen molar-refractivity contribution in [3.63, 3.8) is 0 Å². The van der Waals surface area contributed by atoms with Crippen LogP contribution < -0.4 is 5.32 Å². The molecule has 0 spiro atoms. The van der Waals surface area contributed by atoms with E-state index in [0.717, 1.165) is 12.3 Å². The summed E-state index contributed by atoms with van der Waals surface area (Å²) in [5.74, 6) is 0.0824. The molecular formula is C8H12N2O2S2. The van der Waals surface area contributed by atoms with Crippen molar-refractivity contribution >= 4 is 34.2 Å². The van der Waals surface area contributed by atoms with E-state index in [1.807, 2.05) is 6.26 Å². The molecule has 0 fully saturated rings. The monoisotopic (exact) mass is 232 g/mol. The topological polar surface area (TPSA) is 62.2 Å². The average Bonchev–Trinajstić information content (AvgIpc) is 2.47. The summed E-state index contributed by atoms with van der Waals surface area (Å²) in [6.07, 6.45) is 2.03. The van der Waals surface area contributed by atoms with Crippen LogP contribution in [0.1, 0.15) is 15.4 Å². The van der Waals surface area contributed by atoms with E-state index < -0.39 is 5.97 Å². The number of carbonyl (C=O) groups is 1. The van der Waals surface area contributed by atoms with Crippen LogP contribution in [0.15, 0.2) is 0 Å². The molecule has 1 heterocycles. The lowest BCUT2D eigenvalue weighted by atomic mass is 10.4. The van der Waals surface area contributed by atoms with E-state index in [1.54, 1.807) is 18.7 Å². The van der Waals surface area contributed by atoms with Crippen LogP contribution >= 0.6 is 23.1 Å². The van der Waals surface area contributed by atoms with Gasteiger partial charge in [0.2, 0.25) is 0 Å².